The molecule has 1 N–H and O–H groups in total. The van der Waals surface area contributed by atoms with Gasteiger partial charge in [-0.3, -0.25) is 0 Å². The second kappa shape index (κ2) is 10.3. The lowest BCUT2D eigenvalue weighted by Gasteiger charge is -2.20. The Balaban J connectivity index is 1.99. The van der Waals surface area contributed by atoms with Crippen molar-refractivity contribution >= 4 is 49.5 Å². The highest BCUT2D eigenvalue weighted by Gasteiger charge is 2.34. The van der Waals surface area contributed by atoms with E-state index in [1.54, 1.807) is 49.4 Å². The van der Waals surface area contributed by atoms with Gasteiger partial charge in [0.2, 0.25) is 0 Å². The molecule has 0 aliphatic rings. The van der Waals surface area contributed by atoms with Gasteiger partial charge in [0, 0.05) is 17.3 Å². The molecule has 198 valence electrons. The maximum Gasteiger partial charge on any atom is 0.340 e. The third kappa shape index (κ3) is 4.30. The molecule has 0 fully saturated rings. The van der Waals surface area contributed by atoms with Gasteiger partial charge in [-0.15, -0.1) is 0 Å². The molecule has 0 aliphatic carbocycles. The Morgan fingerprint density at radius 1 is 0.795 bits per heavy atom. The minimum Gasteiger partial charge on any atom is -0.465 e. The average Bonchev–Trinajstić information content (AvgIpc) is 3.33. The van der Waals surface area contributed by atoms with Crippen LogP contribution in [0.5, 0.6) is 0 Å². The number of hydrogen-bond acceptors (Lipinski definition) is 7. The highest BCUT2D eigenvalue weighted by Crippen LogP contribution is 2.43. The fraction of sp³-hybridized carbons (Fsp3) is 0.133. The fourth-order valence-electron chi connectivity index (χ4n) is 4.94. The summed E-state index contributed by atoms with van der Waals surface area (Å²) in [4.78, 5) is 26.5. The maximum absolute atomic E-state index is 14.2. The largest absolute Gasteiger partial charge is 0.465 e. The number of hydrogen-bond donors (Lipinski definition) is 1. The van der Waals surface area contributed by atoms with Gasteiger partial charge in [0.1, 0.15) is 0 Å². The quantitative estimate of drug-likeness (QED) is 0.270. The van der Waals surface area contributed by atoms with E-state index in [2.05, 4.69) is 5.32 Å². The van der Waals surface area contributed by atoms with Crippen molar-refractivity contribution in [3.05, 3.63) is 107 Å². The van der Waals surface area contributed by atoms with E-state index in [-0.39, 0.29) is 33.8 Å². The van der Waals surface area contributed by atoms with Crippen LogP contribution in [0.3, 0.4) is 0 Å². The molecule has 0 radical (unpaired) electrons. The first-order chi connectivity index (χ1) is 18.8. The molecule has 0 saturated carbocycles. The van der Waals surface area contributed by atoms with Crippen LogP contribution in [0.4, 0.5) is 5.69 Å². The zero-order chi connectivity index (χ0) is 27.7. The third-order valence-corrected chi connectivity index (χ3v) is 8.42. The number of benzene rings is 4. The molecule has 0 aliphatic heterocycles. The average molecular weight is 543 g/mol. The first-order valence-electron chi connectivity index (χ1n) is 12.2. The van der Waals surface area contributed by atoms with Crippen LogP contribution in [0.25, 0.3) is 21.8 Å². The van der Waals surface area contributed by atoms with Crippen molar-refractivity contribution in [1.82, 2.24) is 3.97 Å². The van der Waals surface area contributed by atoms with Crippen LogP contribution in [-0.4, -0.2) is 38.5 Å². The number of carbonyl (C=O) groups is 2. The van der Waals surface area contributed by atoms with Crippen LogP contribution in [0.2, 0.25) is 0 Å². The Morgan fingerprint density at radius 3 is 2.00 bits per heavy atom. The standard InChI is InChI=1S/C30H26N2O6S/c1-19-24-22-16-10-11-17-23(22)32(39(35,36)21-14-8-5-9-15-21)28(24)27(31-18-20-12-6-4-7-13-20)26(30(34)38-3)25(19)29(33)37-2/h4-17,31H,18H2,1-3H3. The lowest BCUT2D eigenvalue weighted by Crippen LogP contribution is -2.20. The van der Waals surface area contributed by atoms with Crippen LogP contribution in [0.1, 0.15) is 31.8 Å². The third-order valence-electron chi connectivity index (χ3n) is 6.69. The van der Waals surface area contributed by atoms with Gasteiger partial charge >= 0.3 is 11.9 Å². The molecule has 8 nitrogen and oxygen atoms in total. The van der Waals surface area contributed by atoms with E-state index in [1.165, 1.54) is 30.3 Å². The summed E-state index contributed by atoms with van der Waals surface area (Å²) in [6.07, 6.45) is 0. The fourth-order valence-corrected chi connectivity index (χ4v) is 6.50. The summed E-state index contributed by atoms with van der Waals surface area (Å²) < 4.78 is 39.8. The first-order valence-corrected chi connectivity index (χ1v) is 13.6. The van der Waals surface area contributed by atoms with Gasteiger partial charge in [-0.25, -0.2) is 22.0 Å². The number of carbonyl (C=O) groups excluding carboxylic acids is 2. The minimum absolute atomic E-state index is 0.00687. The molecule has 0 amide bonds. The molecular formula is C30H26N2O6S. The van der Waals surface area contributed by atoms with E-state index in [4.69, 9.17) is 9.47 Å². The molecule has 1 heterocycles. The van der Waals surface area contributed by atoms with E-state index in [9.17, 15) is 18.0 Å². The number of methoxy groups -OCH3 is 2. The molecular weight excluding hydrogens is 516 g/mol. The van der Waals surface area contributed by atoms with Crippen LogP contribution >= 0.6 is 0 Å². The van der Waals surface area contributed by atoms with Crippen molar-refractivity contribution in [2.24, 2.45) is 0 Å². The predicted molar refractivity (Wildman–Crippen MR) is 150 cm³/mol. The molecule has 0 saturated heterocycles. The van der Waals surface area contributed by atoms with Crippen LogP contribution < -0.4 is 5.32 Å². The van der Waals surface area contributed by atoms with E-state index in [0.29, 0.717) is 21.9 Å². The van der Waals surface area contributed by atoms with Crippen molar-refractivity contribution in [2.45, 2.75) is 18.4 Å². The summed E-state index contributed by atoms with van der Waals surface area (Å²) in [5.41, 5.74) is 1.99. The number of para-hydroxylation sites is 1. The molecule has 5 rings (SSSR count). The van der Waals surface area contributed by atoms with Gasteiger partial charge in [-0.05, 0) is 36.2 Å². The molecule has 4 aromatic carbocycles. The Morgan fingerprint density at radius 2 is 1.36 bits per heavy atom. The number of fused-ring (bicyclic) bond motifs is 3. The summed E-state index contributed by atoms with van der Waals surface area (Å²) in [7, 11) is -1.71. The van der Waals surface area contributed by atoms with Crippen molar-refractivity contribution in [2.75, 3.05) is 19.5 Å². The van der Waals surface area contributed by atoms with Gasteiger partial charge in [0.15, 0.2) is 0 Å². The Hall–Kier alpha value is -4.63. The number of aromatic nitrogens is 1. The Labute approximate surface area is 225 Å². The first kappa shape index (κ1) is 26.0. The zero-order valence-electron chi connectivity index (χ0n) is 21.6. The van der Waals surface area contributed by atoms with Crippen LogP contribution in [0.15, 0.2) is 89.8 Å². The second-order valence-corrected chi connectivity index (χ2v) is 10.7. The predicted octanol–water partition coefficient (Wildman–Crippen LogP) is 5.53. The SMILES string of the molecule is COC(=O)c1c(C(=O)OC)c(NCc2ccccc2)c2c(c1C)c1ccccc1n2S(=O)(=O)c1ccccc1. The van der Waals surface area contributed by atoms with Crippen LogP contribution in [0, 0.1) is 6.92 Å². The molecule has 5 aromatic rings. The number of aryl methyl sites for hydroxylation is 1. The summed E-state index contributed by atoms with van der Waals surface area (Å²) in [5.74, 6) is -1.54. The summed E-state index contributed by atoms with van der Waals surface area (Å²) in [6.45, 7) is 1.92. The van der Waals surface area contributed by atoms with Gasteiger partial charge < -0.3 is 14.8 Å². The van der Waals surface area contributed by atoms with E-state index < -0.39 is 22.0 Å². The Kier molecular flexibility index (Phi) is 6.84. The molecule has 0 atom stereocenters. The maximum atomic E-state index is 14.2. The highest BCUT2D eigenvalue weighted by atomic mass is 32.2. The summed E-state index contributed by atoms with van der Waals surface area (Å²) >= 11 is 0. The van der Waals surface area contributed by atoms with E-state index >= 15 is 0 Å². The normalized spacial score (nSPS) is 11.5. The van der Waals surface area contributed by atoms with Gasteiger partial charge in [0.05, 0.1) is 47.0 Å². The van der Waals surface area contributed by atoms with Crippen molar-refractivity contribution < 1.29 is 27.5 Å². The van der Waals surface area contributed by atoms with Gasteiger partial charge in [-0.1, -0.05) is 66.7 Å². The van der Waals surface area contributed by atoms with Crippen molar-refractivity contribution in [3.8, 4) is 0 Å². The van der Waals surface area contributed by atoms with Gasteiger partial charge in [-0.2, -0.15) is 0 Å². The number of nitrogens with one attached hydrogen (secondary N) is 1. The molecule has 0 unspecified atom stereocenters. The monoisotopic (exact) mass is 542 g/mol. The molecule has 0 bridgehead atoms. The molecule has 9 heteroatoms. The van der Waals surface area contributed by atoms with Crippen molar-refractivity contribution in [1.29, 1.82) is 0 Å². The lowest BCUT2D eigenvalue weighted by molar-refractivity contribution is 0.0555. The number of ether oxygens (including phenoxy) is 2. The second-order valence-electron chi connectivity index (χ2n) is 8.90. The van der Waals surface area contributed by atoms with Crippen molar-refractivity contribution in [3.63, 3.8) is 0 Å². The number of nitrogens with zero attached hydrogens (tertiary/aromatic N) is 1. The molecule has 1 aromatic heterocycles. The van der Waals surface area contributed by atoms with E-state index in [1.807, 2.05) is 30.3 Å². The minimum atomic E-state index is -4.15. The number of anilines is 1. The van der Waals surface area contributed by atoms with Gasteiger partial charge in [0.25, 0.3) is 10.0 Å². The summed E-state index contributed by atoms with van der Waals surface area (Å²) in [5, 5.41) is 4.38. The zero-order valence-corrected chi connectivity index (χ0v) is 22.4. The Bertz CT molecular complexity index is 1830. The smallest absolute Gasteiger partial charge is 0.340 e. The molecule has 0 spiro atoms. The topological polar surface area (TPSA) is 104 Å². The highest BCUT2D eigenvalue weighted by molar-refractivity contribution is 7.90. The number of esters is 2. The lowest BCUT2D eigenvalue weighted by atomic mass is 9.94. The van der Waals surface area contributed by atoms with Crippen LogP contribution in [-0.2, 0) is 26.0 Å². The summed E-state index contributed by atoms with van der Waals surface area (Å²) in [6, 6.07) is 24.5. The molecule has 39 heavy (non-hydrogen) atoms. The van der Waals surface area contributed by atoms with E-state index in [0.717, 1.165) is 5.56 Å². The number of rotatable bonds is 7.